The molecule has 0 aromatic heterocycles. The van der Waals surface area contributed by atoms with Crippen molar-refractivity contribution in [1.82, 2.24) is 10.4 Å². The molecule has 0 heterocycles. The maximum atomic E-state index is 11.4. The first-order valence-electron chi connectivity index (χ1n) is 5.70. The van der Waals surface area contributed by atoms with E-state index in [4.69, 9.17) is 0 Å². The normalized spacial score (nSPS) is 12.7. The molecule has 0 aliphatic heterocycles. The maximum Gasteiger partial charge on any atom is 0.236 e. The van der Waals surface area contributed by atoms with Crippen LogP contribution in [0, 0.1) is 0 Å². The lowest BCUT2D eigenvalue weighted by molar-refractivity contribution is -1.06. The highest BCUT2D eigenvalue weighted by Crippen LogP contribution is 2.01. The zero-order valence-electron chi connectivity index (χ0n) is 11.9. The van der Waals surface area contributed by atoms with Crippen LogP contribution in [0.2, 0.25) is 0 Å². The molecule has 0 aromatic carbocycles. The van der Waals surface area contributed by atoms with Crippen molar-refractivity contribution >= 4 is 5.91 Å². The Hall–Kier alpha value is -0.650. The molecule has 0 aliphatic rings. The second-order valence-electron chi connectivity index (χ2n) is 5.99. The average molecular weight is 232 g/mol. The summed E-state index contributed by atoms with van der Waals surface area (Å²) in [4.78, 5) is 11.4. The predicted octanol–water partition coefficient (Wildman–Crippen LogP) is 0.0570. The van der Waals surface area contributed by atoms with E-state index >= 15 is 0 Å². The molecule has 0 saturated carbocycles. The number of nitrogens with zero attached hydrogens (tertiary/aromatic N) is 3. The van der Waals surface area contributed by atoms with E-state index in [1.165, 1.54) is 0 Å². The smallest absolute Gasteiger partial charge is 0.236 e. The minimum Gasteiger partial charge on any atom is -0.284 e. The summed E-state index contributed by atoms with van der Waals surface area (Å²) in [7, 11) is 12.6. The molecule has 0 atom stereocenters. The third kappa shape index (κ3) is 6.76. The molecule has 96 valence electrons. The van der Waals surface area contributed by atoms with Crippen molar-refractivity contribution in [3.05, 3.63) is 0 Å². The van der Waals surface area contributed by atoms with Crippen LogP contribution in [0.4, 0.5) is 0 Å². The third-order valence-electron chi connectivity index (χ3n) is 2.22. The van der Waals surface area contributed by atoms with E-state index in [1.807, 2.05) is 6.92 Å². The number of hydrogen-bond donors (Lipinski definition) is 1. The molecule has 0 aliphatic carbocycles. The summed E-state index contributed by atoms with van der Waals surface area (Å²) in [6, 6.07) is 0. The fourth-order valence-electron chi connectivity index (χ4n) is 1.82. The molecule has 1 N–H and O–H groups in total. The average Bonchev–Trinajstić information content (AvgIpc) is 2.09. The molecular weight excluding hydrogens is 204 g/mol. The molecule has 0 spiro atoms. The highest BCUT2D eigenvalue weighted by Gasteiger charge is 2.24. The molecule has 5 nitrogen and oxygen atoms in total. The van der Waals surface area contributed by atoms with Gasteiger partial charge in [0.25, 0.3) is 0 Å². The van der Waals surface area contributed by atoms with Gasteiger partial charge in [0.1, 0.15) is 0 Å². The summed E-state index contributed by atoms with van der Waals surface area (Å²) < 4.78 is 1.73. The Morgan fingerprint density at radius 3 is 2.06 bits per heavy atom. The summed E-state index contributed by atoms with van der Waals surface area (Å²) >= 11 is 0. The Kier molecular flexibility index (Phi) is 5.38. The number of quaternary nitrogens is 2. The summed E-state index contributed by atoms with van der Waals surface area (Å²) in [6.07, 6.45) is 0.534. The summed E-state index contributed by atoms with van der Waals surface area (Å²) in [6.45, 7) is 3.62. The lowest BCUT2D eigenvalue weighted by Crippen LogP contribution is -2.59. The van der Waals surface area contributed by atoms with Crippen molar-refractivity contribution in [3.63, 3.8) is 0 Å². The second kappa shape index (κ2) is 5.61. The van der Waals surface area contributed by atoms with E-state index < -0.39 is 0 Å². The van der Waals surface area contributed by atoms with Crippen LogP contribution in [-0.2, 0) is 4.79 Å². The highest BCUT2D eigenvalue weighted by molar-refractivity contribution is 5.74. The van der Waals surface area contributed by atoms with Crippen molar-refractivity contribution in [2.45, 2.75) is 13.3 Å². The van der Waals surface area contributed by atoms with Gasteiger partial charge in [-0.3, -0.25) is 18.8 Å². The highest BCUT2D eigenvalue weighted by atomic mass is 16.2. The van der Waals surface area contributed by atoms with Gasteiger partial charge in [0.05, 0.1) is 35.2 Å². The molecule has 0 unspecified atom stereocenters. The molecule has 0 saturated heterocycles. The number of rotatable bonds is 6. The topological polar surface area (TPSA) is 32.3 Å². The first-order chi connectivity index (χ1) is 7.07. The third-order valence-corrected chi connectivity index (χ3v) is 2.22. The van der Waals surface area contributed by atoms with Crippen LogP contribution in [0.1, 0.15) is 13.3 Å². The van der Waals surface area contributed by atoms with Crippen LogP contribution < -0.4 is 5.43 Å². The van der Waals surface area contributed by atoms with Gasteiger partial charge in [-0.25, -0.2) is 0 Å². The van der Waals surface area contributed by atoms with Gasteiger partial charge in [-0.05, 0) is 0 Å². The number of hydrogen-bond acceptors (Lipinski definition) is 2. The van der Waals surface area contributed by atoms with Crippen LogP contribution in [-0.4, -0.2) is 75.5 Å². The number of amides is 1. The zero-order valence-corrected chi connectivity index (χ0v) is 11.9. The minimum absolute atomic E-state index is 0.116. The van der Waals surface area contributed by atoms with Gasteiger partial charge in [0.15, 0.2) is 6.67 Å². The Morgan fingerprint density at radius 1 is 1.19 bits per heavy atom. The minimum atomic E-state index is 0.116. The standard InChI is InChI=1S/C11H28N4O/c1-8-11(16)13(2)12-9-15(6,7)10-14(3,4)5/h12H,8-10H2,1-7H3/q+2. The van der Waals surface area contributed by atoms with Crippen LogP contribution in [0.15, 0.2) is 0 Å². The zero-order chi connectivity index (χ0) is 13.0. The quantitative estimate of drug-likeness (QED) is 0.399. The Labute approximate surface area is 99.8 Å². The van der Waals surface area contributed by atoms with Crippen molar-refractivity contribution in [3.8, 4) is 0 Å². The van der Waals surface area contributed by atoms with Crippen molar-refractivity contribution in [1.29, 1.82) is 0 Å². The van der Waals surface area contributed by atoms with Gasteiger partial charge < -0.3 is 0 Å². The Balaban J connectivity index is 4.13. The van der Waals surface area contributed by atoms with E-state index in [9.17, 15) is 4.79 Å². The SMILES string of the molecule is CCC(=O)N(C)NC[N+](C)(C)C[N+](C)(C)C. The van der Waals surface area contributed by atoms with E-state index in [-0.39, 0.29) is 5.91 Å². The van der Waals surface area contributed by atoms with Crippen LogP contribution >= 0.6 is 0 Å². The lowest BCUT2D eigenvalue weighted by atomic mass is 10.4. The number of carbonyl (C=O) groups is 1. The summed E-state index contributed by atoms with van der Waals surface area (Å²) in [5.41, 5.74) is 3.14. The van der Waals surface area contributed by atoms with Crippen LogP contribution in [0.5, 0.6) is 0 Å². The molecule has 16 heavy (non-hydrogen) atoms. The Bertz CT molecular complexity index is 233. The molecule has 1 amide bonds. The van der Waals surface area contributed by atoms with Gasteiger partial charge in [-0.2, -0.15) is 5.43 Å². The monoisotopic (exact) mass is 232 g/mol. The van der Waals surface area contributed by atoms with Gasteiger partial charge in [-0.15, -0.1) is 0 Å². The maximum absolute atomic E-state index is 11.4. The molecule has 0 aromatic rings. The molecular formula is C11H28N4O+2. The molecule has 0 bridgehead atoms. The molecule has 0 rings (SSSR count). The van der Waals surface area contributed by atoms with E-state index in [1.54, 1.807) is 12.1 Å². The predicted molar refractivity (Wildman–Crippen MR) is 66.1 cm³/mol. The summed E-state index contributed by atoms with van der Waals surface area (Å²) in [5.74, 6) is 0.116. The van der Waals surface area contributed by atoms with Crippen LogP contribution in [0.25, 0.3) is 0 Å². The first kappa shape index (κ1) is 15.3. The fourth-order valence-corrected chi connectivity index (χ4v) is 1.82. The van der Waals surface area contributed by atoms with E-state index in [0.717, 1.165) is 22.3 Å². The number of nitrogens with one attached hydrogen (secondary N) is 1. The van der Waals surface area contributed by atoms with Crippen molar-refractivity contribution in [2.75, 3.05) is 55.6 Å². The lowest BCUT2D eigenvalue weighted by Gasteiger charge is -2.37. The molecule has 0 fully saturated rings. The van der Waals surface area contributed by atoms with E-state index in [0.29, 0.717) is 6.42 Å². The molecule has 0 radical (unpaired) electrons. The molecule has 5 heteroatoms. The van der Waals surface area contributed by atoms with Gasteiger partial charge >= 0.3 is 0 Å². The number of hydrazine groups is 1. The van der Waals surface area contributed by atoms with Gasteiger partial charge in [0.2, 0.25) is 12.6 Å². The second-order valence-corrected chi connectivity index (χ2v) is 5.99. The number of carbonyl (C=O) groups excluding carboxylic acids is 1. The van der Waals surface area contributed by atoms with E-state index in [2.05, 4.69) is 40.7 Å². The van der Waals surface area contributed by atoms with Crippen molar-refractivity contribution in [2.24, 2.45) is 0 Å². The van der Waals surface area contributed by atoms with Gasteiger partial charge in [-0.1, -0.05) is 6.92 Å². The first-order valence-corrected chi connectivity index (χ1v) is 5.70. The largest absolute Gasteiger partial charge is 0.284 e. The summed E-state index contributed by atoms with van der Waals surface area (Å²) in [5, 5.41) is 1.58. The van der Waals surface area contributed by atoms with Gasteiger partial charge in [0, 0.05) is 13.5 Å². The van der Waals surface area contributed by atoms with Crippen LogP contribution in [0.3, 0.4) is 0 Å². The van der Waals surface area contributed by atoms with Crippen molar-refractivity contribution < 1.29 is 13.8 Å². The Morgan fingerprint density at radius 2 is 1.69 bits per heavy atom. The fraction of sp³-hybridized carbons (Fsp3) is 0.909.